The lowest BCUT2D eigenvalue weighted by Gasteiger charge is -2.30. The second-order valence-electron chi connectivity index (χ2n) is 7.52. The van der Waals surface area contributed by atoms with Gasteiger partial charge in [-0.3, -0.25) is 14.4 Å². The number of esters is 1. The highest BCUT2D eigenvalue weighted by molar-refractivity contribution is 7.89. The number of carbonyl (C=O) groups is 3. The Morgan fingerprint density at radius 3 is 2.23 bits per heavy atom. The first kappa shape index (κ1) is 24.8. The maximum Gasteiger partial charge on any atom is 0.325 e. The van der Waals surface area contributed by atoms with Crippen molar-refractivity contribution >= 4 is 27.8 Å². The molecule has 0 unspecified atom stereocenters. The van der Waals surface area contributed by atoms with Crippen LogP contribution in [0.3, 0.4) is 0 Å². The van der Waals surface area contributed by atoms with Crippen LogP contribution < -0.4 is 5.32 Å². The number of likely N-dealkylation sites (tertiary alicyclic amines) is 1. The average molecular weight is 454 g/mol. The molecule has 0 saturated carbocycles. The zero-order valence-electron chi connectivity index (χ0n) is 18.3. The number of hydrogen-bond acceptors (Lipinski definition) is 6. The molecule has 0 radical (unpaired) electrons. The van der Waals surface area contributed by atoms with Crippen molar-refractivity contribution in [2.24, 2.45) is 5.92 Å². The summed E-state index contributed by atoms with van der Waals surface area (Å²) in [5.74, 6) is -0.905. The molecule has 0 atom stereocenters. The maximum absolute atomic E-state index is 12.5. The van der Waals surface area contributed by atoms with Crippen LogP contribution in [0.2, 0.25) is 0 Å². The number of piperidine rings is 1. The minimum atomic E-state index is -3.61. The molecule has 1 aliphatic rings. The Balaban J connectivity index is 1.81. The number of carbonyl (C=O) groups excluding carboxylic acids is 3. The Morgan fingerprint density at radius 2 is 1.68 bits per heavy atom. The first-order chi connectivity index (χ1) is 14.7. The maximum atomic E-state index is 12.5. The number of ether oxygens (including phenoxy) is 1. The summed E-state index contributed by atoms with van der Waals surface area (Å²) >= 11 is 0. The van der Waals surface area contributed by atoms with Crippen LogP contribution in [0.4, 0.5) is 0 Å². The molecular formula is C21H31N3O6S. The molecule has 10 heteroatoms. The zero-order chi connectivity index (χ0) is 23.0. The first-order valence-corrected chi connectivity index (χ1v) is 11.9. The Hall–Kier alpha value is -2.46. The van der Waals surface area contributed by atoms with E-state index in [1.807, 2.05) is 0 Å². The molecular weight excluding hydrogens is 422 g/mol. The lowest BCUT2D eigenvalue weighted by atomic mass is 9.99. The molecule has 0 aliphatic carbocycles. The van der Waals surface area contributed by atoms with E-state index in [4.69, 9.17) is 4.74 Å². The second-order valence-corrected chi connectivity index (χ2v) is 9.46. The van der Waals surface area contributed by atoms with E-state index in [0.29, 0.717) is 32.1 Å². The molecule has 2 rings (SSSR count). The van der Waals surface area contributed by atoms with Crippen LogP contribution in [0.25, 0.3) is 0 Å². The minimum Gasteiger partial charge on any atom is -0.454 e. The molecule has 2 amide bonds. The predicted molar refractivity (Wildman–Crippen MR) is 115 cm³/mol. The SMILES string of the molecule is CCN(CC)S(=O)(=O)c1ccc(C(=O)NCC(=O)OCC(=O)N2CCC(C)CC2)cc1. The fourth-order valence-electron chi connectivity index (χ4n) is 3.29. The van der Waals surface area contributed by atoms with Crippen LogP contribution in [0.5, 0.6) is 0 Å². The highest BCUT2D eigenvalue weighted by Crippen LogP contribution is 2.17. The number of hydrogen-bond donors (Lipinski definition) is 1. The van der Waals surface area contributed by atoms with Crippen LogP contribution in [0.1, 0.15) is 44.0 Å². The predicted octanol–water partition coefficient (Wildman–Crippen LogP) is 1.25. The van der Waals surface area contributed by atoms with E-state index in [1.54, 1.807) is 18.7 Å². The molecule has 172 valence electrons. The van der Waals surface area contributed by atoms with Gasteiger partial charge in [0.25, 0.3) is 11.8 Å². The average Bonchev–Trinajstić information content (AvgIpc) is 2.77. The van der Waals surface area contributed by atoms with Gasteiger partial charge < -0.3 is 15.0 Å². The van der Waals surface area contributed by atoms with Gasteiger partial charge in [0.15, 0.2) is 6.61 Å². The lowest BCUT2D eigenvalue weighted by molar-refractivity contribution is -0.151. The van der Waals surface area contributed by atoms with Crippen molar-refractivity contribution in [1.29, 1.82) is 0 Å². The van der Waals surface area contributed by atoms with Gasteiger partial charge in [-0.2, -0.15) is 4.31 Å². The van der Waals surface area contributed by atoms with Crippen molar-refractivity contribution in [1.82, 2.24) is 14.5 Å². The third kappa shape index (κ3) is 6.76. The van der Waals surface area contributed by atoms with E-state index in [1.165, 1.54) is 28.6 Å². The van der Waals surface area contributed by atoms with Gasteiger partial charge in [-0.25, -0.2) is 8.42 Å². The largest absolute Gasteiger partial charge is 0.454 e. The van der Waals surface area contributed by atoms with Crippen LogP contribution in [0.15, 0.2) is 29.2 Å². The normalized spacial score (nSPS) is 15.0. The third-order valence-electron chi connectivity index (χ3n) is 5.35. The molecule has 1 N–H and O–H groups in total. The standard InChI is InChI=1S/C21H31N3O6S/c1-4-24(5-2)31(28,29)18-8-6-17(7-9-18)21(27)22-14-20(26)30-15-19(25)23-12-10-16(3)11-13-23/h6-9,16H,4-5,10-15H2,1-3H3,(H,22,27). The summed E-state index contributed by atoms with van der Waals surface area (Å²) in [6, 6.07) is 5.49. The zero-order valence-corrected chi connectivity index (χ0v) is 19.1. The Bertz CT molecular complexity index is 873. The second kappa shape index (κ2) is 11.2. The number of nitrogens with one attached hydrogen (secondary N) is 1. The molecule has 1 aromatic carbocycles. The highest BCUT2D eigenvalue weighted by atomic mass is 32.2. The summed E-state index contributed by atoms with van der Waals surface area (Å²) in [6.07, 6.45) is 1.87. The van der Waals surface area contributed by atoms with Crippen LogP contribution >= 0.6 is 0 Å². The van der Waals surface area contributed by atoms with Crippen molar-refractivity contribution in [2.75, 3.05) is 39.3 Å². The fraction of sp³-hybridized carbons (Fsp3) is 0.571. The molecule has 1 saturated heterocycles. The van der Waals surface area contributed by atoms with Crippen LogP contribution in [0, 0.1) is 5.92 Å². The molecule has 0 bridgehead atoms. The molecule has 9 nitrogen and oxygen atoms in total. The number of benzene rings is 1. The molecule has 1 heterocycles. The van der Waals surface area contributed by atoms with Crippen molar-refractivity contribution < 1.29 is 27.5 Å². The van der Waals surface area contributed by atoms with Gasteiger partial charge in [-0.05, 0) is 43.0 Å². The van der Waals surface area contributed by atoms with E-state index in [-0.39, 0.29) is 29.5 Å². The van der Waals surface area contributed by atoms with Crippen LogP contribution in [-0.4, -0.2) is 74.7 Å². The van der Waals surface area contributed by atoms with Gasteiger partial charge in [0.2, 0.25) is 10.0 Å². The van der Waals surface area contributed by atoms with Crippen molar-refractivity contribution in [3.05, 3.63) is 29.8 Å². The summed E-state index contributed by atoms with van der Waals surface area (Å²) in [6.45, 7) is 6.93. The number of amides is 2. The van der Waals surface area contributed by atoms with Gasteiger partial charge in [0.05, 0.1) is 4.90 Å². The van der Waals surface area contributed by atoms with Crippen molar-refractivity contribution in [2.45, 2.75) is 38.5 Å². The monoisotopic (exact) mass is 453 g/mol. The molecule has 1 fully saturated rings. The van der Waals surface area contributed by atoms with E-state index < -0.39 is 21.9 Å². The molecule has 1 aliphatic heterocycles. The molecule has 0 aromatic heterocycles. The Labute approximate surface area is 183 Å². The quantitative estimate of drug-likeness (QED) is 0.563. The lowest BCUT2D eigenvalue weighted by Crippen LogP contribution is -2.41. The fourth-order valence-corrected chi connectivity index (χ4v) is 4.75. The van der Waals surface area contributed by atoms with Crippen LogP contribution in [-0.2, 0) is 24.3 Å². The van der Waals surface area contributed by atoms with E-state index in [0.717, 1.165) is 12.8 Å². The minimum absolute atomic E-state index is 0.0952. The summed E-state index contributed by atoms with van der Waals surface area (Å²) in [4.78, 5) is 37.9. The number of sulfonamides is 1. The summed E-state index contributed by atoms with van der Waals surface area (Å²) in [7, 11) is -3.61. The number of rotatable bonds is 9. The van der Waals surface area contributed by atoms with Crippen molar-refractivity contribution in [3.63, 3.8) is 0 Å². The molecule has 0 spiro atoms. The van der Waals surface area contributed by atoms with E-state index in [2.05, 4.69) is 12.2 Å². The van der Waals surface area contributed by atoms with Gasteiger partial charge in [-0.15, -0.1) is 0 Å². The Morgan fingerprint density at radius 1 is 1.10 bits per heavy atom. The van der Waals surface area contributed by atoms with Crippen molar-refractivity contribution in [3.8, 4) is 0 Å². The molecule has 1 aromatic rings. The van der Waals surface area contributed by atoms with E-state index in [9.17, 15) is 22.8 Å². The highest BCUT2D eigenvalue weighted by Gasteiger charge is 2.23. The molecule has 31 heavy (non-hydrogen) atoms. The Kier molecular flexibility index (Phi) is 9.00. The van der Waals surface area contributed by atoms with E-state index >= 15 is 0 Å². The van der Waals surface area contributed by atoms with Gasteiger partial charge in [-0.1, -0.05) is 20.8 Å². The first-order valence-electron chi connectivity index (χ1n) is 10.5. The summed E-state index contributed by atoms with van der Waals surface area (Å²) in [5.41, 5.74) is 0.213. The summed E-state index contributed by atoms with van der Waals surface area (Å²) < 4.78 is 31.2. The third-order valence-corrected chi connectivity index (χ3v) is 7.41. The smallest absolute Gasteiger partial charge is 0.325 e. The summed E-state index contributed by atoms with van der Waals surface area (Å²) in [5, 5.41) is 2.41. The van der Waals surface area contributed by atoms with Gasteiger partial charge in [0, 0.05) is 31.7 Å². The van der Waals surface area contributed by atoms with Gasteiger partial charge in [0.1, 0.15) is 6.54 Å². The van der Waals surface area contributed by atoms with Gasteiger partial charge >= 0.3 is 5.97 Å². The topological polar surface area (TPSA) is 113 Å². The number of nitrogens with zero attached hydrogens (tertiary/aromatic N) is 2.